The van der Waals surface area contributed by atoms with Crippen molar-refractivity contribution in [3.63, 3.8) is 0 Å². The Kier molecular flexibility index (Phi) is 2.65. The van der Waals surface area contributed by atoms with Crippen LogP contribution in [-0.2, 0) is 0 Å². The standard InChI is InChI=1S/C15H22N/c1-6-15(5)8-7-14(15)16-10-12(3)11(2)9-13(16)4/h7-10,14H,6H2,1-5H3/q+1. The third-order valence-corrected chi connectivity index (χ3v) is 4.18. The minimum atomic E-state index is 0.344. The fraction of sp³-hybridized carbons (Fsp3) is 0.533. The lowest BCUT2D eigenvalue weighted by Crippen LogP contribution is -2.52. The van der Waals surface area contributed by atoms with E-state index < -0.39 is 0 Å². The molecule has 1 aliphatic carbocycles. The van der Waals surface area contributed by atoms with Gasteiger partial charge in [0.05, 0.1) is 5.41 Å². The maximum atomic E-state index is 2.42. The number of pyridine rings is 1. The number of nitrogens with zero attached hydrogens (tertiary/aromatic N) is 1. The number of aromatic nitrogens is 1. The zero-order valence-corrected chi connectivity index (χ0v) is 11.0. The van der Waals surface area contributed by atoms with Crippen molar-refractivity contribution in [2.45, 2.75) is 47.1 Å². The molecule has 1 aliphatic rings. The summed E-state index contributed by atoms with van der Waals surface area (Å²) in [6.45, 7) is 11.2. The minimum Gasteiger partial charge on any atom is -0.195 e. The highest BCUT2D eigenvalue weighted by Crippen LogP contribution is 2.42. The summed E-state index contributed by atoms with van der Waals surface area (Å²) in [7, 11) is 0. The summed E-state index contributed by atoms with van der Waals surface area (Å²) >= 11 is 0. The van der Waals surface area contributed by atoms with E-state index in [0.717, 1.165) is 0 Å². The molecular weight excluding hydrogens is 194 g/mol. The van der Waals surface area contributed by atoms with Gasteiger partial charge in [0.1, 0.15) is 0 Å². The van der Waals surface area contributed by atoms with Gasteiger partial charge in [-0.05, 0) is 38.8 Å². The molecule has 1 aromatic rings. The first-order valence-corrected chi connectivity index (χ1v) is 6.16. The van der Waals surface area contributed by atoms with Gasteiger partial charge in [0.25, 0.3) is 0 Å². The average Bonchev–Trinajstić information content (AvgIpc) is 2.23. The average molecular weight is 216 g/mol. The van der Waals surface area contributed by atoms with Crippen molar-refractivity contribution in [2.24, 2.45) is 5.41 Å². The summed E-state index contributed by atoms with van der Waals surface area (Å²) in [6.07, 6.45) is 8.17. The van der Waals surface area contributed by atoms with E-state index in [1.165, 1.54) is 23.2 Å². The van der Waals surface area contributed by atoms with E-state index in [2.05, 4.69) is 63.6 Å². The largest absolute Gasteiger partial charge is 0.195 e. The van der Waals surface area contributed by atoms with Crippen LogP contribution in [0, 0.1) is 26.2 Å². The van der Waals surface area contributed by atoms with Crippen LogP contribution in [0.5, 0.6) is 0 Å². The third-order valence-electron chi connectivity index (χ3n) is 4.18. The van der Waals surface area contributed by atoms with Gasteiger partial charge in [0, 0.05) is 18.6 Å². The van der Waals surface area contributed by atoms with Crippen molar-refractivity contribution < 1.29 is 4.57 Å². The minimum absolute atomic E-state index is 0.344. The lowest BCUT2D eigenvalue weighted by Gasteiger charge is -2.35. The van der Waals surface area contributed by atoms with Crippen molar-refractivity contribution in [1.29, 1.82) is 0 Å². The lowest BCUT2D eigenvalue weighted by atomic mass is 9.71. The molecule has 86 valence electrons. The molecule has 1 heteroatoms. The number of allylic oxidation sites excluding steroid dienone is 2. The van der Waals surface area contributed by atoms with Crippen molar-refractivity contribution in [1.82, 2.24) is 0 Å². The maximum absolute atomic E-state index is 2.42. The molecule has 1 aromatic heterocycles. The van der Waals surface area contributed by atoms with Crippen LogP contribution in [0.4, 0.5) is 0 Å². The quantitative estimate of drug-likeness (QED) is 0.527. The molecular formula is C15H22N+. The third kappa shape index (κ3) is 1.59. The van der Waals surface area contributed by atoms with Gasteiger partial charge in [-0.15, -0.1) is 0 Å². The molecule has 0 spiro atoms. The van der Waals surface area contributed by atoms with Crippen molar-refractivity contribution in [3.05, 3.63) is 41.2 Å². The zero-order chi connectivity index (χ0) is 11.9. The molecule has 16 heavy (non-hydrogen) atoms. The molecule has 0 saturated carbocycles. The Balaban J connectivity index is 2.43. The molecule has 2 rings (SSSR count). The number of hydrogen-bond acceptors (Lipinski definition) is 0. The van der Waals surface area contributed by atoms with Crippen LogP contribution in [0.15, 0.2) is 24.4 Å². The Morgan fingerprint density at radius 1 is 1.25 bits per heavy atom. The summed E-state index contributed by atoms with van der Waals surface area (Å²) < 4.78 is 2.42. The van der Waals surface area contributed by atoms with Crippen LogP contribution in [0.3, 0.4) is 0 Å². The Bertz CT molecular complexity index is 445. The van der Waals surface area contributed by atoms with Crippen molar-refractivity contribution in [3.8, 4) is 0 Å². The zero-order valence-electron chi connectivity index (χ0n) is 11.0. The highest BCUT2D eigenvalue weighted by molar-refractivity contribution is 5.22. The fourth-order valence-corrected chi connectivity index (χ4v) is 2.46. The predicted octanol–water partition coefficient (Wildman–Crippen LogP) is 3.43. The molecule has 0 aromatic carbocycles. The first-order valence-electron chi connectivity index (χ1n) is 6.16. The molecule has 0 amide bonds. The van der Waals surface area contributed by atoms with Gasteiger partial charge in [-0.3, -0.25) is 0 Å². The van der Waals surface area contributed by atoms with Gasteiger partial charge in [0.2, 0.25) is 0 Å². The summed E-state index contributed by atoms with van der Waals surface area (Å²) in [5.74, 6) is 0. The van der Waals surface area contributed by atoms with Gasteiger partial charge >= 0.3 is 0 Å². The molecule has 2 unspecified atom stereocenters. The molecule has 0 aliphatic heterocycles. The van der Waals surface area contributed by atoms with Crippen molar-refractivity contribution in [2.75, 3.05) is 0 Å². The van der Waals surface area contributed by atoms with Gasteiger partial charge in [-0.25, -0.2) is 0 Å². The second kappa shape index (κ2) is 3.73. The molecule has 2 atom stereocenters. The van der Waals surface area contributed by atoms with E-state index in [1.54, 1.807) is 0 Å². The van der Waals surface area contributed by atoms with E-state index in [1.807, 2.05) is 0 Å². The molecule has 0 saturated heterocycles. The van der Waals surface area contributed by atoms with Crippen LogP contribution in [0.1, 0.15) is 43.1 Å². The highest BCUT2D eigenvalue weighted by Gasteiger charge is 2.43. The van der Waals surface area contributed by atoms with E-state index in [-0.39, 0.29) is 0 Å². The maximum Gasteiger partial charge on any atom is 0.185 e. The van der Waals surface area contributed by atoms with E-state index in [9.17, 15) is 0 Å². The van der Waals surface area contributed by atoms with Crippen LogP contribution in [0.25, 0.3) is 0 Å². The molecule has 0 N–H and O–H groups in total. The number of aryl methyl sites for hydroxylation is 3. The Hall–Kier alpha value is -1.11. The van der Waals surface area contributed by atoms with Gasteiger partial charge < -0.3 is 0 Å². The summed E-state index contributed by atoms with van der Waals surface area (Å²) in [6, 6.07) is 2.83. The van der Waals surface area contributed by atoms with E-state index >= 15 is 0 Å². The first kappa shape index (κ1) is 11.4. The topological polar surface area (TPSA) is 3.88 Å². The Labute approximate surface area is 98.8 Å². The number of rotatable bonds is 2. The summed E-state index contributed by atoms with van der Waals surface area (Å²) in [5.41, 5.74) is 4.47. The van der Waals surface area contributed by atoms with Crippen LogP contribution in [0.2, 0.25) is 0 Å². The monoisotopic (exact) mass is 216 g/mol. The molecule has 1 nitrogen and oxygen atoms in total. The summed E-state index contributed by atoms with van der Waals surface area (Å²) in [5, 5.41) is 0. The Morgan fingerprint density at radius 3 is 2.44 bits per heavy atom. The summed E-state index contributed by atoms with van der Waals surface area (Å²) in [4.78, 5) is 0. The first-order chi connectivity index (χ1) is 7.48. The smallest absolute Gasteiger partial charge is 0.185 e. The number of hydrogen-bond donors (Lipinski definition) is 0. The van der Waals surface area contributed by atoms with E-state index in [4.69, 9.17) is 0 Å². The highest BCUT2D eigenvalue weighted by atomic mass is 15.0. The van der Waals surface area contributed by atoms with Crippen LogP contribution in [-0.4, -0.2) is 0 Å². The van der Waals surface area contributed by atoms with Crippen molar-refractivity contribution >= 4 is 0 Å². The second-order valence-electron chi connectivity index (χ2n) is 5.35. The molecule has 0 fully saturated rings. The van der Waals surface area contributed by atoms with Gasteiger partial charge in [-0.1, -0.05) is 13.0 Å². The van der Waals surface area contributed by atoms with Gasteiger partial charge in [-0.2, -0.15) is 4.57 Å². The van der Waals surface area contributed by atoms with Crippen LogP contribution < -0.4 is 4.57 Å². The lowest BCUT2D eigenvalue weighted by molar-refractivity contribution is -0.733. The molecule has 0 radical (unpaired) electrons. The predicted molar refractivity (Wildman–Crippen MR) is 67.4 cm³/mol. The fourth-order valence-electron chi connectivity index (χ4n) is 2.46. The SMILES string of the molecule is CCC1(C)C=CC1[n+]1cc(C)c(C)cc1C. The van der Waals surface area contributed by atoms with Crippen LogP contribution >= 0.6 is 0 Å². The van der Waals surface area contributed by atoms with E-state index in [0.29, 0.717) is 11.5 Å². The van der Waals surface area contributed by atoms with Gasteiger partial charge in [0.15, 0.2) is 17.9 Å². The molecule has 1 heterocycles. The second-order valence-corrected chi connectivity index (χ2v) is 5.35. The normalized spacial score (nSPS) is 27.9. The Morgan fingerprint density at radius 2 is 1.94 bits per heavy atom. The molecule has 0 bridgehead atoms.